The molecule has 0 aliphatic rings. The van der Waals surface area contributed by atoms with E-state index in [4.69, 9.17) is 0 Å². The largest absolute Gasteiger partial charge is 0.508 e. The lowest BCUT2D eigenvalue weighted by atomic mass is 10.00. The van der Waals surface area contributed by atoms with Gasteiger partial charge in [0.15, 0.2) is 0 Å². The molecule has 0 aliphatic carbocycles. The number of phenolic OH excluding ortho intramolecular Hbond substituents is 2. The van der Waals surface area contributed by atoms with Crippen LogP contribution in [0.2, 0.25) is 0 Å². The molecule has 0 aromatic heterocycles. The molecule has 0 aliphatic heterocycles. The maximum atomic E-state index is 13.3. The van der Waals surface area contributed by atoms with Crippen LogP contribution in [0.15, 0.2) is 64.6 Å². The van der Waals surface area contributed by atoms with Crippen molar-refractivity contribution in [3.05, 3.63) is 76.4 Å². The van der Waals surface area contributed by atoms with Crippen molar-refractivity contribution >= 4 is 15.9 Å². The van der Waals surface area contributed by atoms with Crippen molar-refractivity contribution in [3.8, 4) is 11.5 Å². The molecule has 2 rings (SSSR count). The zero-order valence-corrected chi connectivity index (χ0v) is 21.9. The fourth-order valence-corrected chi connectivity index (χ4v) is 5.12. The molecule has 2 aromatic carbocycles. The van der Waals surface area contributed by atoms with Gasteiger partial charge in [0.2, 0.25) is 0 Å². The van der Waals surface area contributed by atoms with Gasteiger partial charge in [-0.3, -0.25) is 4.79 Å². The number of rotatable bonds is 12. The summed E-state index contributed by atoms with van der Waals surface area (Å²) < 4.78 is 28.7. The number of hydrogen-bond acceptors (Lipinski definition) is 5. The van der Waals surface area contributed by atoms with Gasteiger partial charge in [0.25, 0.3) is 15.9 Å². The highest BCUT2D eigenvalue weighted by atomic mass is 32.2. The van der Waals surface area contributed by atoms with Crippen LogP contribution in [-0.2, 0) is 22.9 Å². The van der Waals surface area contributed by atoms with Crippen molar-refractivity contribution in [2.45, 2.75) is 77.5 Å². The third kappa shape index (κ3) is 8.28. The predicted molar refractivity (Wildman–Crippen MR) is 140 cm³/mol. The molecule has 0 heterocycles. The minimum Gasteiger partial charge on any atom is -0.508 e. The van der Waals surface area contributed by atoms with Crippen molar-refractivity contribution in [1.82, 2.24) is 4.72 Å². The third-order valence-electron chi connectivity index (χ3n) is 5.74. The fraction of sp³-hybridized carbons (Fsp3) is 0.393. The van der Waals surface area contributed by atoms with Crippen LogP contribution >= 0.6 is 0 Å². The van der Waals surface area contributed by atoms with E-state index in [1.54, 1.807) is 18.2 Å². The summed E-state index contributed by atoms with van der Waals surface area (Å²) in [6, 6.07) is 9.43. The van der Waals surface area contributed by atoms with E-state index in [0.29, 0.717) is 12.8 Å². The number of aryl methyl sites for hydroxylation is 1. The van der Waals surface area contributed by atoms with Crippen molar-refractivity contribution in [2.75, 3.05) is 0 Å². The van der Waals surface area contributed by atoms with Gasteiger partial charge in [-0.25, -0.2) is 13.1 Å². The molecule has 0 bridgehead atoms. The summed E-state index contributed by atoms with van der Waals surface area (Å²) in [5.41, 5.74) is 2.90. The van der Waals surface area contributed by atoms with Gasteiger partial charge in [-0.2, -0.15) is 0 Å². The van der Waals surface area contributed by atoms with Crippen LogP contribution in [0.25, 0.3) is 0 Å². The summed E-state index contributed by atoms with van der Waals surface area (Å²) in [5, 5.41) is 21.7. The van der Waals surface area contributed by atoms with Gasteiger partial charge < -0.3 is 10.2 Å². The van der Waals surface area contributed by atoms with Gasteiger partial charge in [0, 0.05) is 11.1 Å². The molecule has 190 valence electrons. The Morgan fingerprint density at radius 2 is 1.71 bits per heavy atom. The highest BCUT2D eigenvalue weighted by Gasteiger charge is 2.29. The highest BCUT2D eigenvalue weighted by Crippen LogP contribution is 2.38. The van der Waals surface area contributed by atoms with Gasteiger partial charge in [0.05, 0.1) is 0 Å². The lowest BCUT2D eigenvalue weighted by molar-refractivity contribution is 0.0981. The number of carbonyl (C=O) groups is 1. The average molecular weight is 500 g/mol. The Bertz CT molecular complexity index is 1180. The SMILES string of the molecule is CCCCCc1cc(O)c(CC=C(C)CCC=C(C)C)c(O)c1S(=O)(=O)NC(=O)c1ccccc1. The molecule has 2 aromatic rings. The van der Waals surface area contributed by atoms with Gasteiger partial charge in [-0.15, -0.1) is 0 Å². The second-order valence-electron chi connectivity index (χ2n) is 9.04. The molecule has 0 radical (unpaired) electrons. The first-order valence-electron chi connectivity index (χ1n) is 12.0. The van der Waals surface area contributed by atoms with Crippen LogP contribution in [0.3, 0.4) is 0 Å². The molecule has 0 fully saturated rings. The monoisotopic (exact) mass is 499 g/mol. The first-order valence-corrected chi connectivity index (χ1v) is 13.5. The lowest BCUT2D eigenvalue weighted by Crippen LogP contribution is -2.31. The molecule has 0 atom stereocenters. The number of aromatic hydroxyl groups is 2. The number of carbonyl (C=O) groups excluding carboxylic acids is 1. The number of unbranched alkanes of at least 4 members (excludes halogenated alkanes) is 2. The smallest absolute Gasteiger partial charge is 0.268 e. The van der Waals surface area contributed by atoms with Gasteiger partial charge in [-0.05, 0) is 76.6 Å². The molecule has 0 spiro atoms. The second kappa shape index (κ2) is 13.1. The minimum atomic E-state index is -4.40. The standard InChI is InChI=1S/C28H37NO5S/c1-5-6-8-16-23-19-25(30)24(18-17-21(4)13-11-12-20(2)3)26(31)27(23)35(33,34)29-28(32)22-14-9-7-10-15-22/h7,9-10,12,14-15,17,19,30-31H,5-6,8,11,13,16,18H2,1-4H3,(H,29,32). The van der Waals surface area contributed by atoms with E-state index >= 15 is 0 Å². The Morgan fingerprint density at radius 1 is 1.03 bits per heavy atom. The molecular formula is C28H37NO5S. The van der Waals surface area contributed by atoms with Gasteiger partial charge in [-0.1, -0.05) is 61.3 Å². The molecule has 1 amide bonds. The van der Waals surface area contributed by atoms with Crippen LogP contribution < -0.4 is 4.72 Å². The zero-order chi connectivity index (χ0) is 26.0. The maximum absolute atomic E-state index is 13.3. The number of benzene rings is 2. The number of phenols is 2. The maximum Gasteiger partial charge on any atom is 0.268 e. The summed E-state index contributed by atoms with van der Waals surface area (Å²) in [7, 11) is -4.40. The highest BCUT2D eigenvalue weighted by molar-refractivity contribution is 7.90. The van der Waals surface area contributed by atoms with Crippen molar-refractivity contribution in [3.63, 3.8) is 0 Å². The van der Waals surface area contributed by atoms with Crippen molar-refractivity contribution in [1.29, 1.82) is 0 Å². The Hall–Kier alpha value is -3.06. The van der Waals surface area contributed by atoms with E-state index in [1.807, 2.05) is 33.8 Å². The van der Waals surface area contributed by atoms with E-state index in [1.165, 1.54) is 23.8 Å². The summed E-state index contributed by atoms with van der Waals surface area (Å²) in [6.07, 6.45) is 8.72. The number of allylic oxidation sites excluding steroid dienone is 4. The molecule has 35 heavy (non-hydrogen) atoms. The minimum absolute atomic E-state index is 0.123. The van der Waals surface area contributed by atoms with Crippen molar-refractivity contribution in [2.24, 2.45) is 0 Å². The van der Waals surface area contributed by atoms with E-state index < -0.39 is 21.7 Å². The summed E-state index contributed by atoms with van der Waals surface area (Å²) >= 11 is 0. The second-order valence-corrected chi connectivity index (χ2v) is 10.7. The summed E-state index contributed by atoms with van der Waals surface area (Å²) in [4.78, 5) is 12.3. The molecule has 0 unspecified atom stereocenters. The van der Waals surface area contributed by atoms with Gasteiger partial charge >= 0.3 is 0 Å². The van der Waals surface area contributed by atoms with Crippen LogP contribution in [0.4, 0.5) is 0 Å². The summed E-state index contributed by atoms with van der Waals surface area (Å²) in [6.45, 7) is 8.07. The molecule has 6 nitrogen and oxygen atoms in total. The van der Waals surface area contributed by atoms with Crippen molar-refractivity contribution < 1.29 is 23.4 Å². The van der Waals surface area contributed by atoms with E-state index in [9.17, 15) is 23.4 Å². The first-order chi connectivity index (χ1) is 16.6. The third-order valence-corrected chi connectivity index (χ3v) is 7.19. The van der Waals surface area contributed by atoms with E-state index in [0.717, 1.165) is 31.3 Å². The number of amides is 1. The van der Waals surface area contributed by atoms with Crippen LogP contribution in [0, 0.1) is 0 Å². The molecule has 0 saturated heterocycles. The Balaban J connectivity index is 2.44. The molecular weight excluding hydrogens is 462 g/mol. The fourth-order valence-electron chi connectivity index (χ4n) is 3.77. The number of nitrogens with one attached hydrogen (secondary N) is 1. The topological polar surface area (TPSA) is 104 Å². The van der Waals surface area contributed by atoms with Crippen LogP contribution in [-0.4, -0.2) is 24.5 Å². The average Bonchev–Trinajstić information content (AvgIpc) is 2.78. The van der Waals surface area contributed by atoms with Gasteiger partial charge in [0.1, 0.15) is 16.4 Å². The predicted octanol–water partition coefficient (Wildman–Crippen LogP) is 6.18. The zero-order valence-electron chi connectivity index (χ0n) is 21.1. The molecule has 3 N–H and O–H groups in total. The molecule has 7 heteroatoms. The van der Waals surface area contributed by atoms with E-state index in [-0.39, 0.29) is 33.8 Å². The first kappa shape index (κ1) is 28.2. The number of sulfonamides is 1. The van der Waals surface area contributed by atoms with Crippen LogP contribution in [0.5, 0.6) is 11.5 Å². The summed E-state index contributed by atoms with van der Waals surface area (Å²) in [5.74, 6) is -1.46. The van der Waals surface area contributed by atoms with E-state index in [2.05, 4.69) is 10.8 Å². The number of hydrogen-bond donors (Lipinski definition) is 3. The normalized spacial score (nSPS) is 11.8. The quantitative estimate of drug-likeness (QED) is 0.239. The Kier molecular flexibility index (Phi) is 10.6. The lowest BCUT2D eigenvalue weighted by Gasteiger charge is -2.17. The Morgan fingerprint density at radius 3 is 2.34 bits per heavy atom. The molecule has 0 saturated carbocycles. The van der Waals surface area contributed by atoms with Crippen LogP contribution in [0.1, 0.15) is 81.3 Å². The Labute approximate surface area is 209 Å².